The third-order valence-electron chi connectivity index (χ3n) is 7.09. The smallest absolute Gasteiger partial charge is 0.269 e. The van der Waals surface area contributed by atoms with Crippen LogP contribution in [-0.4, -0.2) is 33.6 Å². The number of nitrogens with one attached hydrogen (secondary N) is 1. The standard InChI is InChI=1S/C27H20N4O5/c32-25(28-17-7-2-1-3-8-17)24-22-21(23-20-9-5-4-6-16(20)14-15-29(23)24)26(33)30(27(22)34)18-10-12-19(13-11-18)31(35)36/h1-15,21-24H,(H,28,32)/t21-,22-,23+,24+/m0/s1. The van der Waals surface area contributed by atoms with Crippen LogP contribution < -0.4 is 10.2 Å². The Bertz CT molecular complexity index is 1440. The number of imide groups is 1. The van der Waals surface area contributed by atoms with Crippen LogP contribution >= 0.6 is 0 Å². The quantitative estimate of drug-likeness (QED) is 0.346. The molecule has 178 valence electrons. The third-order valence-corrected chi connectivity index (χ3v) is 7.09. The highest BCUT2D eigenvalue weighted by Crippen LogP contribution is 2.53. The SMILES string of the molecule is O=C(Nc1ccccc1)[C@H]1[C@H]2C(=O)N(c3ccc([N+](=O)[O-])cc3)C(=O)[C@@H]2[C@H]2c3ccccc3C=CN21. The van der Waals surface area contributed by atoms with Crippen molar-refractivity contribution in [2.24, 2.45) is 11.8 Å². The number of hydrogen-bond acceptors (Lipinski definition) is 6. The molecule has 4 atom stereocenters. The van der Waals surface area contributed by atoms with E-state index in [4.69, 9.17) is 0 Å². The number of carbonyl (C=O) groups excluding carboxylic acids is 3. The summed E-state index contributed by atoms with van der Waals surface area (Å²) in [5, 5.41) is 14.0. The van der Waals surface area contributed by atoms with Gasteiger partial charge in [-0.15, -0.1) is 0 Å². The number of nitro groups is 1. The Morgan fingerprint density at radius 3 is 2.25 bits per heavy atom. The maximum absolute atomic E-state index is 13.8. The average Bonchev–Trinajstić information content (AvgIpc) is 3.37. The molecular formula is C27H20N4O5. The van der Waals surface area contributed by atoms with Crippen LogP contribution in [0.1, 0.15) is 17.2 Å². The summed E-state index contributed by atoms with van der Waals surface area (Å²) in [4.78, 5) is 54.6. The molecule has 36 heavy (non-hydrogen) atoms. The molecule has 3 amide bonds. The van der Waals surface area contributed by atoms with Crippen molar-refractivity contribution in [2.75, 3.05) is 10.2 Å². The topological polar surface area (TPSA) is 113 Å². The summed E-state index contributed by atoms with van der Waals surface area (Å²) in [6, 6.07) is 20.5. The molecule has 0 aromatic heterocycles. The van der Waals surface area contributed by atoms with Gasteiger partial charge in [-0.2, -0.15) is 0 Å². The Morgan fingerprint density at radius 1 is 0.861 bits per heavy atom. The molecule has 1 N–H and O–H groups in total. The minimum Gasteiger partial charge on any atom is -0.357 e. The van der Waals surface area contributed by atoms with Gasteiger partial charge in [0.25, 0.3) is 5.69 Å². The highest BCUT2D eigenvalue weighted by Gasteiger charge is 2.64. The fourth-order valence-electron chi connectivity index (χ4n) is 5.57. The molecule has 3 aromatic rings. The maximum Gasteiger partial charge on any atom is 0.269 e. The van der Waals surface area contributed by atoms with Gasteiger partial charge in [0.1, 0.15) is 6.04 Å². The summed E-state index contributed by atoms with van der Waals surface area (Å²) in [5.41, 5.74) is 2.49. The van der Waals surface area contributed by atoms with Crippen molar-refractivity contribution in [2.45, 2.75) is 12.1 Å². The van der Waals surface area contributed by atoms with E-state index < -0.39 is 40.7 Å². The van der Waals surface area contributed by atoms with E-state index in [-0.39, 0.29) is 17.3 Å². The Kier molecular flexibility index (Phi) is 4.92. The fraction of sp³-hybridized carbons (Fsp3) is 0.148. The van der Waals surface area contributed by atoms with Crippen molar-refractivity contribution >= 4 is 40.9 Å². The van der Waals surface area contributed by atoms with E-state index >= 15 is 0 Å². The summed E-state index contributed by atoms with van der Waals surface area (Å²) in [6.07, 6.45) is 3.68. The monoisotopic (exact) mass is 480 g/mol. The lowest BCUT2D eigenvalue weighted by Gasteiger charge is -2.35. The summed E-state index contributed by atoms with van der Waals surface area (Å²) in [6.45, 7) is 0. The molecule has 9 heteroatoms. The number of rotatable bonds is 4. The van der Waals surface area contributed by atoms with Crippen molar-refractivity contribution in [3.8, 4) is 0 Å². The molecule has 0 saturated carbocycles. The van der Waals surface area contributed by atoms with Gasteiger partial charge in [-0.05, 0) is 41.5 Å². The van der Waals surface area contributed by atoms with E-state index in [9.17, 15) is 24.5 Å². The molecule has 6 rings (SSSR count). The minimum absolute atomic E-state index is 0.143. The van der Waals surface area contributed by atoms with Crippen LogP contribution in [0.3, 0.4) is 0 Å². The van der Waals surface area contributed by atoms with Crippen LogP contribution in [0.2, 0.25) is 0 Å². The van der Waals surface area contributed by atoms with E-state index in [2.05, 4.69) is 5.32 Å². The Hall–Kier alpha value is -4.79. The molecule has 3 aromatic carbocycles. The lowest BCUT2D eigenvalue weighted by atomic mass is 9.84. The van der Waals surface area contributed by atoms with Crippen LogP contribution in [0.15, 0.2) is 85.1 Å². The zero-order valence-electron chi connectivity index (χ0n) is 18.9. The van der Waals surface area contributed by atoms with E-state index in [0.29, 0.717) is 5.69 Å². The Balaban J connectivity index is 1.43. The van der Waals surface area contributed by atoms with E-state index in [1.165, 1.54) is 24.3 Å². The number of para-hydroxylation sites is 1. The molecule has 3 aliphatic rings. The lowest BCUT2D eigenvalue weighted by molar-refractivity contribution is -0.384. The Morgan fingerprint density at radius 2 is 1.53 bits per heavy atom. The summed E-state index contributed by atoms with van der Waals surface area (Å²) in [5.74, 6) is -3.00. The minimum atomic E-state index is -0.919. The van der Waals surface area contributed by atoms with Crippen molar-refractivity contribution in [3.63, 3.8) is 0 Å². The number of nitro benzene ring substituents is 1. The molecule has 0 bridgehead atoms. The number of anilines is 2. The van der Waals surface area contributed by atoms with Crippen LogP contribution in [0.5, 0.6) is 0 Å². The van der Waals surface area contributed by atoms with Gasteiger partial charge in [-0.1, -0.05) is 42.5 Å². The van der Waals surface area contributed by atoms with Gasteiger partial charge in [-0.25, -0.2) is 4.90 Å². The molecule has 0 radical (unpaired) electrons. The molecule has 2 saturated heterocycles. The van der Waals surface area contributed by atoms with Gasteiger partial charge in [0.05, 0.1) is 28.5 Å². The second-order valence-electron chi connectivity index (χ2n) is 8.97. The maximum atomic E-state index is 13.8. The predicted molar refractivity (Wildman–Crippen MR) is 131 cm³/mol. The number of amides is 3. The summed E-state index contributed by atoms with van der Waals surface area (Å²) >= 11 is 0. The molecular weight excluding hydrogens is 460 g/mol. The van der Waals surface area contributed by atoms with Crippen LogP contribution in [0, 0.1) is 22.0 Å². The third kappa shape index (κ3) is 3.20. The molecule has 0 spiro atoms. The lowest BCUT2D eigenvalue weighted by Crippen LogP contribution is -2.46. The van der Waals surface area contributed by atoms with Crippen molar-refractivity contribution in [1.82, 2.24) is 4.90 Å². The number of nitrogens with zero attached hydrogens (tertiary/aromatic N) is 3. The van der Waals surface area contributed by atoms with Crippen molar-refractivity contribution in [3.05, 3.63) is 106 Å². The normalized spacial score (nSPS) is 23.8. The van der Waals surface area contributed by atoms with Gasteiger partial charge in [0.15, 0.2) is 0 Å². The number of benzene rings is 3. The largest absolute Gasteiger partial charge is 0.357 e. The van der Waals surface area contributed by atoms with Crippen molar-refractivity contribution in [1.29, 1.82) is 0 Å². The van der Waals surface area contributed by atoms with Crippen LogP contribution in [0.25, 0.3) is 6.08 Å². The van der Waals surface area contributed by atoms with E-state index in [1.807, 2.05) is 41.3 Å². The van der Waals surface area contributed by atoms with Gasteiger partial charge in [0.2, 0.25) is 17.7 Å². The zero-order chi connectivity index (χ0) is 25.0. The van der Waals surface area contributed by atoms with Crippen LogP contribution in [0.4, 0.5) is 17.1 Å². The molecule has 3 heterocycles. The first-order valence-electron chi connectivity index (χ1n) is 11.5. The number of hydrogen-bond donors (Lipinski definition) is 1. The second kappa shape index (κ2) is 8.16. The Labute approximate surface area is 205 Å². The van der Waals surface area contributed by atoms with Gasteiger partial charge >= 0.3 is 0 Å². The predicted octanol–water partition coefficient (Wildman–Crippen LogP) is 3.75. The number of non-ortho nitro benzene ring substituents is 1. The number of carbonyl (C=O) groups is 3. The second-order valence-corrected chi connectivity index (χ2v) is 8.97. The molecule has 3 aliphatic heterocycles. The van der Waals surface area contributed by atoms with Gasteiger partial charge in [0, 0.05) is 24.0 Å². The van der Waals surface area contributed by atoms with Crippen LogP contribution in [-0.2, 0) is 14.4 Å². The summed E-state index contributed by atoms with van der Waals surface area (Å²) < 4.78 is 0. The van der Waals surface area contributed by atoms with Gasteiger partial charge in [-0.3, -0.25) is 24.5 Å². The highest BCUT2D eigenvalue weighted by molar-refractivity contribution is 6.24. The first-order chi connectivity index (χ1) is 17.5. The molecule has 9 nitrogen and oxygen atoms in total. The van der Waals surface area contributed by atoms with Gasteiger partial charge < -0.3 is 10.2 Å². The average molecular weight is 480 g/mol. The fourth-order valence-corrected chi connectivity index (χ4v) is 5.57. The van der Waals surface area contributed by atoms with Crippen molar-refractivity contribution < 1.29 is 19.3 Å². The summed E-state index contributed by atoms with van der Waals surface area (Å²) in [7, 11) is 0. The zero-order valence-corrected chi connectivity index (χ0v) is 18.9. The first-order valence-corrected chi connectivity index (χ1v) is 11.5. The first kappa shape index (κ1) is 21.7. The molecule has 0 aliphatic carbocycles. The van der Waals surface area contributed by atoms with E-state index in [1.54, 1.807) is 30.5 Å². The van der Waals surface area contributed by atoms with E-state index in [0.717, 1.165) is 16.0 Å². The highest BCUT2D eigenvalue weighted by atomic mass is 16.6. The molecule has 2 fully saturated rings. The molecule has 0 unspecified atom stereocenters. The number of fused-ring (bicyclic) bond motifs is 5.